The molecule has 6 aromatic carbocycles. The summed E-state index contributed by atoms with van der Waals surface area (Å²) in [4.78, 5) is 18.0. The van der Waals surface area contributed by atoms with E-state index in [1.807, 2.05) is 0 Å². The minimum absolute atomic E-state index is 0. The van der Waals surface area contributed by atoms with Gasteiger partial charge in [-0.2, -0.15) is 0 Å². The van der Waals surface area contributed by atoms with Gasteiger partial charge in [-0.15, -0.1) is 0 Å². The zero-order valence-corrected chi connectivity index (χ0v) is 35.0. The molecule has 55 heavy (non-hydrogen) atoms. The van der Waals surface area contributed by atoms with Crippen molar-refractivity contribution >= 4 is 59.6 Å². The number of aryl methyl sites for hydroxylation is 2. The van der Waals surface area contributed by atoms with Gasteiger partial charge in [0.1, 0.15) is 0 Å². The van der Waals surface area contributed by atoms with Gasteiger partial charge >= 0.3 is 0 Å². The molecule has 4 nitrogen and oxygen atoms in total. The van der Waals surface area contributed by atoms with Crippen molar-refractivity contribution < 1.29 is 39.3 Å². The van der Waals surface area contributed by atoms with Crippen molar-refractivity contribution in [3.63, 3.8) is 0 Å². The number of benzene rings is 6. The second-order valence-electron chi connectivity index (χ2n) is 13.7. The summed E-state index contributed by atoms with van der Waals surface area (Å²) < 4.78 is 0. The number of hydrogen-bond acceptors (Lipinski definition) is 2. The summed E-state index contributed by atoms with van der Waals surface area (Å²) in [7, 11) is -1.50. The van der Waals surface area contributed by atoms with Crippen LogP contribution in [0.5, 0.6) is 0 Å². The van der Waals surface area contributed by atoms with Crippen molar-refractivity contribution in [2.45, 2.75) is 65.2 Å². The number of aliphatic carboxylic acids is 2. The van der Waals surface area contributed by atoms with Gasteiger partial charge in [0.25, 0.3) is 11.9 Å². The number of rotatable bonds is 7. The van der Waals surface area contributed by atoms with Crippen molar-refractivity contribution in [3.05, 3.63) is 168 Å². The molecule has 2 aliphatic rings. The fraction of sp³-hybridized carbons (Fsp3) is 0.208. The van der Waals surface area contributed by atoms with Gasteiger partial charge in [0.05, 0.1) is 0 Å². The SMILES string of the molecule is CC(=O)O.CC(=O)O.[Ru].c1ccc(P(c2ccccc2)c2ccc3c(c2-c2c(P(c4ccccc4)c4ccccc4)ccc4c2CCCC4)CCCC3)cc1. The molecule has 0 fully saturated rings. The summed E-state index contributed by atoms with van der Waals surface area (Å²) in [5.74, 6) is -1.67. The third kappa shape index (κ3) is 10.5. The molecule has 0 amide bonds. The first kappa shape index (κ1) is 41.9. The fourth-order valence-corrected chi connectivity index (χ4v) is 12.7. The Morgan fingerprint density at radius 3 is 0.945 bits per heavy atom. The van der Waals surface area contributed by atoms with Gasteiger partial charge in [-0.25, -0.2) is 0 Å². The van der Waals surface area contributed by atoms with Crippen LogP contribution in [0, 0.1) is 0 Å². The van der Waals surface area contributed by atoms with Crippen LogP contribution >= 0.6 is 15.8 Å². The third-order valence-electron chi connectivity index (χ3n) is 9.81. The van der Waals surface area contributed by atoms with Crippen molar-refractivity contribution in [2.75, 3.05) is 0 Å². The summed E-state index contributed by atoms with van der Waals surface area (Å²) in [6.07, 6.45) is 9.84. The molecule has 2 N–H and O–H groups in total. The molecule has 0 aromatic heterocycles. The largest absolute Gasteiger partial charge is 0.481 e. The Kier molecular flexibility index (Phi) is 15.7. The average Bonchev–Trinajstić information content (AvgIpc) is 3.19. The molecule has 6 aromatic rings. The maximum absolute atomic E-state index is 9.00. The van der Waals surface area contributed by atoms with Crippen LogP contribution in [0.25, 0.3) is 11.1 Å². The van der Waals surface area contributed by atoms with Gasteiger partial charge in [0, 0.05) is 33.3 Å². The molecular weight excluding hydrogens is 804 g/mol. The molecular formula is C48H48O4P2Ru. The van der Waals surface area contributed by atoms with Gasteiger partial charge in [0.2, 0.25) is 0 Å². The summed E-state index contributed by atoms with van der Waals surface area (Å²) in [6, 6.07) is 55.5. The van der Waals surface area contributed by atoms with Gasteiger partial charge in [-0.05, 0) is 132 Å². The van der Waals surface area contributed by atoms with E-state index >= 15 is 0 Å². The molecule has 0 aliphatic heterocycles. The second-order valence-corrected chi connectivity index (χ2v) is 18.0. The van der Waals surface area contributed by atoms with E-state index in [2.05, 4.69) is 146 Å². The number of carbonyl (C=O) groups is 2. The van der Waals surface area contributed by atoms with E-state index in [1.165, 1.54) is 83.2 Å². The van der Waals surface area contributed by atoms with Crippen LogP contribution in [-0.4, -0.2) is 22.2 Å². The van der Waals surface area contributed by atoms with Crippen molar-refractivity contribution in [3.8, 4) is 11.1 Å². The minimum atomic E-state index is -0.833. The monoisotopic (exact) mass is 852 g/mol. The van der Waals surface area contributed by atoms with E-state index in [9.17, 15) is 0 Å². The predicted octanol–water partition coefficient (Wildman–Crippen LogP) is 8.81. The van der Waals surface area contributed by atoms with Crippen LogP contribution in [0.1, 0.15) is 61.8 Å². The van der Waals surface area contributed by atoms with E-state index in [1.54, 1.807) is 33.4 Å². The first-order valence-corrected chi connectivity index (χ1v) is 21.5. The Labute approximate surface area is 341 Å². The molecule has 2 aliphatic carbocycles. The molecule has 7 heteroatoms. The van der Waals surface area contributed by atoms with Crippen molar-refractivity contribution in [2.24, 2.45) is 0 Å². The fourth-order valence-electron chi connectivity index (χ4n) is 7.72. The molecule has 8 rings (SSSR count). The molecule has 0 bridgehead atoms. The van der Waals surface area contributed by atoms with Crippen molar-refractivity contribution in [1.82, 2.24) is 0 Å². The number of carboxylic acid groups (broad SMARTS) is 2. The minimum Gasteiger partial charge on any atom is -0.481 e. The molecule has 0 saturated heterocycles. The van der Waals surface area contributed by atoms with Gasteiger partial charge in [0.15, 0.2) is 0 Å². The topological polar surface area (TPSA) is 74.6 Å². The van der Waals surface area contributed by atoms with Crippen LogP contribution in [0.3, 0.4) is 0 Å². The predicted molar refractivity (Wildman–Crippen MR) is 229 cm³/mol. The Hall–Kier alpha value is -4.26. The molecule has 0 heterocycles. The Balaban J connectivity index is 0.000000591. The van der Waals surface area contributed by atoms with Crippen LogP contribution in [0.2, 0.25) is 0 Å². The quantitative estimate of drug-likeness (QED) is 0.125. The van der Waals surface area contributed by atoms with E-state index in [-0.39, 0.29) is 19.5 Å². The van der Waals surface area contributed by atoms with E-state index in [0.717, 1.165) is 13.8 Å². The van der Waals surface area contributed by atoms with Crippen LogP contribution < -0.4 is 31.8 Å². The number of fused-ring (bicyclic) bond motifs is 2. The normalized spacial score (nSPS) is 12.8. The first-order valence-electron chi connectivity index (χ1n) is 18.8. The average molecular weight is 852 g/mol. The van der Waals surface area contributed by atoms with E-state index < -0.39 is 27.8 Å². The van der Waals surface area contributed by atoms with Crippen molar-refractivity contribution in [1.29, 1.82) is 0 Å². The molecule has 0 saturated carbocycles. The van der Waals surface area contributed by atoms with Gasteiger partial charge in [-0.1, -0.05) is 146 Å². The molecule has 0 radical (unpaired) electrons. The second kappa shape index (κ2) is 20.6. The summed E-state index contributed by atoms with van der Waals surface area (Å²) in [5.41, 5.74) is 9.54. The Morgan fingerprint density at radius 2 is 0.673 bits per heavy atom. The Bertz CT molecular complexity index is 1920. The first-order chi connectivity index (χ1) is 26.3. The molecule has 0 unspecified atom stereocenters. The summed E-state index contributed by atoms with van der Waals surface area (Å²) >= 11 is 0. The van der Waals surface area contributed by atoms with Crippen LogP contribution in [-0.2, 0) is 54.8 Å². The zero-order valence-electron chi connectivity index (χ0n) is 31.5. The standard InChI is InChI=1S/C44H40P2.2C2H4O2.Ru/c1-5-19-35(20-6-1)45(36-21-7-2-8-22-36)41-31-29-33-17-13-15-27-39(33)43(41)44-40-28-16-14-18-34(40)30-32-42(44)46(37-23-9-3-10-24-37)38-25-11-4-12-26-38;2*1-2(3)4;/h1-12,19-26,29-32H,13-18,27-28H2;2*1H3,(H,3,4);. The number of hydrogen-bond donors (Lipinski definition) is 2. The maximum Gasteiger partial charge on any atom is 0.300 e. The summed E-state index contributed by atoms with van der Waals surface area (Å²) in [5, 5.41) is 23.6. The smallest absolute Gasteiger partial charge is 0.300 e. The van der Waals surface area contributed by atoms with E-state index in [0.29, 0.717) is 0 Å². The third-order valence-corrected chi connectivity index (χ3v) is 14.8. The van der Waals surface area contributed by atoms with Gasteiger partial charge in [-0.3, -0.25) is 9.59 Å². The van der Waals surface area contributed by atoms with E-state index in [4.69, 9.17) is 19.8 Å². The maximum atomic E-state index is 9.00. The summed E-state index contributed by atoms with van der Waals surface area (Å²) in [6.45, 7) is 2.17. The van der Waals surface area contributed by atoms with Crippen LogP contribution in [0.4, 0.5) is 0 Å². The Morgan fingerprint density at radius 1 is 0.418 bits per heavy atom. The van der Waals surface area contributed by atoms with Crippen LogP contribution in [0.15, 0.2) is 146 Å². The van der Waals surface area contributed by atoms with Gasteiger partial charge < -0.3 is 10.2 Å². The zero-order chi connectivity index (χ0) is 37.9. The number of carboxylic acids is 2. The molecule has 282 valence electrons. The molecule has 0 atom stereocenters. The molecule has 0 spiro atoms.